The van der Waals surface area contributed by atoms with Gasteiger partial charge in [-0.1, -0.05) is 0 Å². The van der Waals surface area contributed by atoms with Crippen molar-refractivity contribution in [2.75, 3.05) is 6.54 Å². The minimum atomic E-state index is -0.384. The molecule has 0 unspecified atom stereocenters. The maximum Gasteiger partial charge on any atom is 0.261 e. The van der Waals surface area contributed by atoms with Crippen LogP contribution < -0.4 is 10.9 Å². The molecule has 27 heavy (non-hydrogen) atoms. The Kier molecular flexibility index (Phi) is 4.84. The highest BCUT2D eigenvalue weighted by Gasteiger charge is 2.21. The number of rotatable bonds is 5. The molecule has 0 aromatic carbocycles. The molecule has 0 aliphatic carbocycles. The molecule has 4 heterocycles. The van der Waals surface area contributed by atoms with Crippen LogP contribution in [0.5, 0.6) is 0 Å². The first-order valence-corrected chi connectivity index (χ1v) is 10.00. The SMILES string of the molecule is Cc1cn2cc(CNC(=O)c3ccc(CN4CCC[C@@H]4C)[nH]c3=O)nc2s1. The number of fused-ring (bicyclic) bond motifs is 1. The molecule has 0 spiro atoms. The zero-order valence-electron chi connectivity index (χ0n) is 15.5. The van der Waals surface area contributed by atoms with Crippen LogP contribution in [0, 0.1) is 6.92 Å². The molecule has 7 nitrogen and oxygen atoms in total. The van der Waals surface area contributed by atoms with Crippen molar-refractivity contribution < 1.29 is 4.79 Å². The van der Waals surface area contributed by atoms with Gasteiger partial charge in [-0.05, 0) is 45.4 Å². The van der Waals surface area contributed by atoms with Gasteiger partial charge in [0.2, 0.25) is 0 Å². The van der Waals surface area contributed by atoms with E-state index >= 15 is 0 Å². The fraction of sp³-hybridized carbons (Fsp3) is 0.421. The first kappa shape index (κ1) is 17.9. The highest BCUT2D eigenvalue weighted by molar-refractivity contribution is 7.16. The third-order valence-electron chi connectivity index (χ3n) is 5.03. The van der Waals surface area contributed by atoms with Crippen LogP contribution in [0.25, 0.3) is 4.96 Å². The van der Waals surface area contributed by atoms with E-state index in [1.807, 2.05) is 29.8 Å². The number of imidazole rings is 1. The fourth-order valence-electron chi connectivity index (χ4n) is 3.54. The van der Waals surface area contributed by atoms with E-state index in [1.54, 1.807) is 17.4 Å². The average Bonchev–Trinajstić information content (AvgIpc) is 3.28. The van der Waals surface area contributed by atoms with Crippen molar-refractivity contribution in [3.63, 3.8) is 0 Å². The van der Waals surface area contributed by atoms with Crippen molar-refractivity contribution in [2.45, 2.75) is 45.8 Å². The van der Waals surface area contributed by atoms with Gasteiger partial charge in [0, 0.05) is 35.6 Å². The van der Waals surface area contributed by atoms with E-state index in [2.05, 4.69) is 27.1 Å². The van der Waals surface area contributed by atoms with Crippen LogP contribution in [-0.2, 0) is 13.1 Å². The molecule has 8 heteroatoms. The fourth-order valence-corrected chi connectivity index (χ4v) is 4.37. The van der Waals surface area contributed by atoms with Crippen molar-refractivity contribution in [3.8, 4) is 0 Å². The Morgan fingerprint density at radius 1 is 1.41 bits per heavy atom. The van der Waals surface area contributed by atoms with E-state index < -0.39 is 0 Å². The third kappa shape index (κ3) is 3.81. The lowest BCUT2D eigenvalue weighted by Crippen LogP contribution is -2.31. The second-order valence-electron chi connectivity index (χ2n) is 7.13. The highest BCUT2D eigenvalue weighted by atomic mass is 32.1. The normalized spacial score (nSPS) is 17.6. The maximum absolute atomic E-state index is 12.4. The van der Waals surface area contributed by atoms with Crippen LogP contribution in [0.1, 0.15) is 46.4 Å². The lowest BCUT2D eigenvalue weighted by molar-refractivity contribution is 0.0949. The summed E-state index contributed by atoms with van der Waals surface area (Å²) in [5.74, 6) is -0.384. The van der Waals surface area contributed by atoms with Gasteiger partial charge in [0.05, 0.1) is 12.2 Å². The number of nitrogens with one attached hydrogen (secondary N) is 2. The first-order valence-electron chi connectivity index (χ1n) is 9.18. The van der Waals surface area contributed by atoms with Crippen molar-refractivity contribution in [1.82, 2.24) is 24.6 Å². The Morgan fingerprint density at radius 2 is 2.26 bits per heavy atom. The Hall–Kier alpha value is -2.45. The second kappa shape index (κ2) is 7.28. The number of hydrogen-bond donors (Lipinski definition) is 2. The van der Waals surface area contributed by atoms with Crippen molar-refractivity contribution in [2.24, 2.45) is 0 Å². The number of aryl methyl sites for hydroxylation is 1. The molecular formula is C19H23N5O2S. The van der Waals surface area contributed by atoms with E-state index in [-0.39, 0.29) is 17.0 Å². The molecule has 1 amide bonds. The Morgan fingerprint density at radius 3 is 2.96 bits per heavy atom. The van der Waals surface area contributed by atoms with Crippen LogP contribution in [0.2, 0.25) is 0 Å². The summed E-state index contributed by atoms with van der Waals surface area (Å²) in [5, 5.41) is 2.78. The molecule has 1 aliphatic rings. The predicted molar refractivity (Wildman–Crippen MR) is 105 cm³/mol. The van der Waals surface area contributed by atoms with Crippen LogP contribution in [-0.4, -0.2) is 37.8 Å². The largest absolute Gasteiger partial charge is 0.346 e. The van der Waals surface area contributed by atoms with Gasteiger partial charge in [0.1, 0.15) is 5.56 Å². The standard InChI is InChI=1S/C19H23N5O2S/c1-12-4-3-7-23(12)10-14-5-6-16(18(26)21-14)17(25)20-8-15-11-24-9-13(2)27-19(24)22-15/h5-6,9,11-12H,3-4,7-8,10H2,1-2H3,(H,20,25)(H,21,26)/t12-/m0/s1. The number of H-pyrrole nitrogens is 1. The number of likely N-dealkylation sites (tertiary alicyclic amines) is 1. The van der Waals surface area contributed by atoms with Gasteiger partial charge in [-0.25, -0.2) is 4.98 Å². The summed E-state index contributed by atoms with van der Waals surface area (Å²) < 4.78 is 1.95. The molecule has 2 N–H and O–H groups in total. The van der Waals surface area contributed by atoms with Gasteiger partial charge < -0.3 is 10.3 Å². The number of thiazole rings is 1. The van der Waals surface area contributed by atoms with Crippen LogP contribution >= 0.6 is 11.3 Å². The van der Waals surface area contributed by atoms with E-state index in [0.717, 1.165) is 22.9 Å². The quantitative estimate of drug-likeness (QED) is 0.706. The molecule has 0 saturated carbocycles. The number of carbonyl (C=O) groups excluding carboxylic acids is 1. The van der Waals surface area contributed by atoms with Crippen LogP contribution in [0.4, 0.5) is 0 Å². The molecule has 1 saturated heterocycles. The lowest BCUT2D eigenvalue weighted by atomic mass is 10.2. The van der Waals surface area contributed by atoms with Crippen molar-refractivity contribution in [3.05, 3.63) is 56.7 Å². The molecule has 142 valence electrons. The van der Waals surface area contributed by atoms with E-state index in [9.17, 15) is 9.59 Å². The molecule has 0 bridgehead atoms. The minimum absolute atomic E-state index is 0.130. The highest BCUT2D eigenvalue weighted by Crippen LogP contribution is 2.18. The molecule has 1 aliphatic heterocycles. The number of aromatic nitrogens is 3. The average molecular weight is 385 g/mol. The first-order chi connectivity index (χ1) is 13.0. The molecular weight excluding hydrogens is 362 g/mol. The van der Waals surface area contributed by atoms with Gasteiger partial charge in [0.15, 0.2) is 4.96 Å². The summed E-state index contributed by atoms with van der Waals surface area (Å²) in [6.45, 7) is 6.28. The van der Waals surface area contributed by atoms with E-state index in [1.165, 1.54) is 17.7 Å². The summed E-state index contributed by atoms with van der Waals surface area (Å²) in [5.41, 5.74) is 1.39. The van der Waals surface area contributed by atoms with Crippen LogP contribution in [0.15, 0.2) is 29.3 Å². The van der Waals surface area contributed by atoms with E-state index in [4.69, 9.17) is 0 Å². The maximum atomic E-state index is 12.4. The zero-order chi connectivity index (χ0) is 19.0. The predicted octanol–water partition coefficient (Wildman–Crippen LogP) is 2.31. The Labute approximate surface area is 161 Å². The number of carbonyl (C=O) groups is 1. The molecule has 3 aromatic heterocycles. The Balaban J connectivity index is 1.40. The molecule has 1 atom stereocenters. The van der Waals surface area contributed by atoms with Gasteiger partial charge in [0.25, 0.3) is 11.5 Å². The van der Waals surface area contributed by atoms with Gasteiger partial charge in [-0.3, -0.25) is 18.9 Å². The Bertz CT molecular complexity index is 1000. The molecule has 1 fully saturated rings. The number of aromatic amines is 1. The third-order valence-corrected chi connectivity index (χ3v) is 5.94. The number of pyridine rings is 1. The molecule has 4 rings (SSSR count). The lowest BCUT2D eigenvalue weighted by Gasteiger charge is -2.20. The van der Waals surface area contributed by atoms with Gasteiger partial charge in [-0.15, -0.1) is 11.3 Å². The smallest absolute Gasteiger partial charge is 0.261 e. The molecule has 3 aromatic rings. The zero-order valence-corrected chi connectivity index (χ0v) is 16.3. The van der Waals surface area contributed by atoms with Crippen LogP contribution in [0.3, 0.4) is 0 Å². The summed E-state index contributed by atoms with van der Waals surface area (Å²) in [4.78, 5) is 36.5. The minimum Gasteiger partial charge on any atom is -0.346 e. The summed E-state index contributed by atoms with van der Waals surface area (Å²) in [6.07, 6.45) is 6.28. The van der Waals surface area contributed by atoms with Gasteiger partial charge in [-0.2, -0.15) is 0 Å². The number of nitrogens with zero attached hydrogens (tertiary/aromatic N) is 3. The van der Waals surface area contributed by atoms with Crippen molar-refractivity contribution >= 4 is 22.2 Å². The summed E-state index contributed by atoms with van der Waals surface area (Å²) in [6, 6.07) is 3.97. The van der Waals surface area contributed by atoms with Crippen molar-refractivity contribution in [1.29, 1.82) is 0 Å². The monoisotopic (exact) mass is 385 g/mol. The number of hydrogen-bond acceptors (Lipinski definition) is 5. The summed E-state index contributed by atoms with van der Waals surface area (Å²) in [7, 11) is 0. The summed E-state index contributed by atoms with van der Waals surface area (Å²) >= 11 is 1.60. The number of amides is 1. The second-order valence-corrected chi connectivity index (χ2v) is 8.35. The topological polar surface area (TPSA) is 82.5 Å². The van der Waals surface area contributed by atoms with Gasteiger partial charge >= 0.3 is 0 Å². The van der Waals surface area contributed by atoms with E-state index in [0.29, 0.717) is 19.1 Å². The molecule has 0 radical (unpaired) electrons.